The molecule has 1 fully saturated rings. The van der Waals surface area contributed by atoms with E-state index in [0.717, 1.165) is 12.0 Å². The van der Waals surface area contributed by atoms with Crippen molar-refractivity contribution in [1.29, 1.82) is 0 Å². The zero-order chi connectivity index (χ0) is 18.9. The number of hydrogen-bond acceptors (Lipinski definition) is 3. The highest BCUT2D eigenvalue weighted by molar-refractivity contribution is 7.80. The molecule has 2 amide bonds. The van der Waals surface area contributed by atoms with Crippen LogP contribution in [-0.4, -0.2) is 29.5 Å². The van der Waals surface area contributed by atoms with E-state index >= 15 is 0 Å². The molecule has 6 nitrogen and oxygen atoms in total. The van der Waals surface area contributed by atoms with E-state index in [-0.39, 0.29) is 24.8 Å². The van der Waals surface area contributed by atoms with E-state index in [0.29, 0.717) is 23.0 Å². The molecular formula is C19H28N4O2S. The molecular weight excluding hydrogens is 348 g/mol. The second-order valence-electron chi connectivity index (χ2n) is 6.96. The summed E-state index contributed by atoms with van der Waals surface area (Å²) < 4.78 is 0. The number of carbonyl (C=O) groups excluding carboxylic acids is 2. The number of nitrogens with one attached hydrogen (secondary N) is 4. The van der Waals surface area contributed by atoms with Crippen LogP contribution in [-0.2, 0) is 16.0 Å². The zero-order valence-electron chi connectivity index (χ0n) is 15.4. The lowest BCUT2D eigenvalue weighted by atomic mass is 9.78. The van der Waals surface area contributed by atoms with Crippen molar-refractivity contribution in [3.63, 3.8) is 0 Å². The minimum absolute atomic E-state index is 0.0991. The molecule has 1 aliphatic rings. The van der Waals surface area contributed by atoms with Gasteiger partial charge in [0.15, 0.2) is 5.11 Å². The Hall–Kier alpha value is -2.15. The summed E-state index contributed by atoms with van der Waals surface area (Å²) in [6, 6.07) is 9.71. The summed E-state index contributed by atoms with van der Waals surface area (Å²) in [6.07, 6.45) is 3.76. The third kappa shape index (κ3) is 6.63. The van der Waals surface area contributed by atoms with Crippen molar-refractivity contribution < 1.29 is 9.59 Å². The number of hydrazine groups is 1. The zero-order valence-corrected chi connectivity index (χ0v) is 16.2. The molecule has 0 radical (unpaired) electrons. The number of hydrogen-bond donors (Lipinski definition) is 4. The SMILES string of the molecule is C[C@@H]1[C@@H](C)CCC[C@H]1NC(=S)NNC(=O)CNC(=O)Cc1ccccc1. The fraction of sp³-hybridized carbons (Fsp3) is 0.526. The van der Waals surface area contributed by atoms with Gasteiger partial charge in [0, 0.05) is 6.04 Å². The van der Waals surface area contributed by atoms with E-state index in [1.807, 2.05) is 30.3 Å². The number of thiocarbonyl (C=S) groups is 1. The molecule has 1 saturated carbocycles. The lowest BCUT2D eigenvalue weighted by Gasteiger charge is -2.35. The van der Waals surface area contributed by atoms with E-state index in [9.17, 15) is 9.59 Å². The van der Waals surface area contributed by atoms with Gasteiger partial charge in [-0.05, 0) is 36.0 Å². The molecule has 26 heavy (non-hydrogen) atoms. The largest absolute Gasteiger partial charge is 0.358 e. The van der Waals surface area contributed by atoms with Gasteiger partial charge in [-0.2, -0.15) is 0 Å². The third-order valence-corrected chi connectivity index (χ3v) is 5.21. The van der Waals surface area contributed by atoms with Gasteiger partial charge in [0.25, 0.3) is 5.91 Å². The summed E-state index contributed by atoms with van der Waals surface area (Å²) in [4.78, 5) is 23.7. The maximum atomic E-state index is 11.8. The molecule has 0 heterocycles. The highest BCUT2D eigenvalue weighted by atomic mass is 32.1. The maximum Gasteiger partial charge on any atom is 0.257 e. The van der Waals surface area contributed by atoms with Crippen LogP contribution in [0.3, 0.4) is 0 Å². The van der Waals surface area contributed by atoms with E-state index in [1.54, 1.807) is 0 Å². The maximum absolute atomic E-state index is 11.8. The monoisotopic (exact) mass is 376 g/mol. The molecule has 0 aliphatic heterocycles. The quantitative estimate of drug-likeness (QED) is 0.464. The Morgan fingerprint density at radius 2 is 1.81 bits per heavy atom. The molecule has 2 rings (SSSR count). The number of rotatable bonds is 5. The fourth-order valence-electron chi connectivity index (χ4n) is 3.18. The smallest absolute Gasteiger partial charge is 0.257 e. The first-order valence-corrected chi connectivity index (χ1v) is 9.52. The summed E-state index contributed by atoms with van der Waals surface area (Å²) in [7, 11) is 0. The molecule has 0 unspecified atom stereocenters. The normalized spacial score (nSPS) is 22.2. The van der Waals surface area contributed by atoms with E-state index in [1.165, 1.54) is 12.8 Å². The van der Waals surface area contributed by atoms with Gasteiger partial charge in [0.05, 0.1) is 13.0 Å². The molecule has 7 heteroatoms. The number of benzene rings is 1. The topological polar surface area (TPSA) is 82.3 Å². The van der Waals surface area contributed by atoms with Gasteiger partial charge < -0.3 is 10.6 Å². The molecule has 0 spiro atoms. The van der Waals surface area contributed by atoms with Crippen molar-refractivity contribution in [1.82, 2.24) is 21.5 Å². The minimum Gasteiger partial charge on any atom is -0.358 e. The molecule has 3 atom stereocenters. The Labute approximate surface area is 160 Å². The van der Waals surface area contributed by atoms with Crippen LogP contribution in [0.1, 0.15) is 38.7 Å². The second kappa shape index (κ2) is 10.1. The average Bonchev–Trinajstić information content (AvgIpc) is 2.63. The predicted molar refractivity (Wildman–Crippen MR) is 106 cm³/mol. The Bertz CT molecular complexity index is 623. The van der Waals surface area contributed by atoms with Crippen molar-refractivity contribution in [2.24, 2.45) is 11.8 Å². The second-order valence-corrected chi connectivity index (χ2v) is 7.37. The average molecular weight is 377 g/mol. The van der Waals surface area contributed by atoms with Crippen molar-refractivity contribution >= 4 is 29.1 Å². The summed E-state index contributed by atoms with van der Waals surface area (Å²) in [6.45, 7) is 4.39. The van der Waals surface area contributed by atoms with Gasteiger partial charge in [-0.3, -0.25) is 20.4 Å². The van der Waals surface area contributed by atoms with Crippen molar-refractivity contribution in [2.75, 3.05) is 6.54 Å². The van der Waals surface area contributed by atoms with Gasteiger partial charge in [0.2, 0.25) is 5.91 Å². The molecule has 0 bridgehead atoms. The Balaban J connectivity index is 1.63. The molecule has 0 saturated heterocycles. The summed E-state index contributed by atoms with van der Waals surface area (Å²) in [5.41, 5.74) is 6.13. The first-order valence-electron chi connectivity index (χ1n) is 9.11. The van der Waals surface area contributed by atoms with E-state index in [2.05, 4.69) is 35.3 Å². The third-order valence-electron chi connectivity index (χ3n) is 4.99. The molecule has 142 valence electrons. The van der Waals surface area contributed by atoms with Crippen LogP contribution in [0.15, 0.2) is 30.3 Å². The van der Waals surface area contributed by atoms with Crippen LogP contribution in [0.2, 0.25) is 0 Å². The van der Waals surface area contributed by atoms with Gasteiger partial charge in [-0.25, -0.2) is 0 Å². The van der Waals surface area contributed by atoms with Crippen LogP contribution in [0.4, 0.5) is 0 Å². The standard InChI is InChI=1S/C19H28N4O2S/c1-13-7-6-10-16(14(13)2)21-19(26)23-22-18(25)12-20-17(24)11-15-8-4-3-5-9-15/h3-5,8-9,13-14,16H,6-7,10-12H2,1-2H3,(H,20,24)(H,22,25)(H2,21,23,26)/t13-,14+,16+/m0/s1. The van der Waals surface area contributed by atoms with Gasteiger partial charge in [-0.15, -0.1) is 0 Å². The molecule has 4 N–H and O–H groups in total. The van der Waals surface area contributed by atoms with Crippen molar-refractivity contribution in [3.8, 4) is 0 Å². The number of amides is 2. The molecule has 1 aromatic rings. The molecule has 0 aromatic heterocycles. The lowest BCUT2D eigenvalue weighted by Crippen LogP contribution is -2.53. The van der Waals surface area contributed by atoms with Crippen LogP contribution < -0.4 is 21.5 Å². The predicted octanol–water partition coefficient (Wildman–Crippen LogP) is 1.67. The molecule has 1 aliphatic carbocycles. The van der Waals surface area contributed by atoms with Gasteiger partial charge in [-0.1, -0.05) is 57.0 Å². The first kappa shape index (κ1) is 20.2. The Kier molecular flexibility index (Phi) is 7.84. The van der Waals surface area contributed by atoms with Crippen LogP contribution >= 0.6 is 12.2 Å². The summed E-state index contributed by atoms with van der Waals surface area (Å²) in [5.74, 6) is 0.660. The number of carbonyl (C=O) groups is 2. The highest BCUT2D eigenvalue weighted by Gasteiger charge is 2.27. The van der Waals surface area contributed by atoms with Crippen LogP contribution in [0.5, 0.6) is 0 Å². The van der Waals surface area contributed by atoms with E-state index < -0.39 is 0 Å². The summed E-state index contributed by atoms with van der Waals surface area (Å²) in [5, 5.41) is 6.27. The van der Waals surface area contributed by atoms with Crippen LogP contribution in [0.25, 0.3) is 0 Å². The fourth-order valence-corrected chi connectivity index (χ4v) is 3.39. The molecule has 1 aromatic carbocycles. The Morgan fingerprint density at radius 3 is 2.54 bits per heavy atom. The van der Waals surface area contributed by atoms with E-state index in [4.69, 9.17) is 12.2 Å². The van der Waals surface area contributed by atoms with Crippen LogP contribution in [0, 0.1) is 11.8 Å². The summed E-state index contributed by atoms with van der Waals surface area (Å²) >= 11 is 5.24. The highest BCUT2D eigenvalue weighted by Crippen LogP contribution is 2.29. The minimum atomic E-state index is -0.347. The Morgan fingerprint density at radius 1 is 1.08 bits per heavy atom. The lowest BCUT2D eigenvalue weighted by molar-refractivity contribution is -0.126. The first-order chi connectivity index (χ1) is 12.5. The van der Waals surface area contributed by atoms with Gasteiger partial charge in [0.1, 0.15) is 0 Å². The van der Waals surface area contributed by atoms with Gasteiger partial charge >= 0.3 is 0 Å². The van der Waals surface area contributed by atoms with Crippen molar-refractivity contribution in [3.05, 3.63) is 35.9 Å². The van der Waals surface area contributed by atoms with Crippen molar-refractivity contribution in [2.45, 2.75) is 45.6 Å².